The number of aliphatic hydroxyl groups is 1. The molecule has 2 rings (SSSR count). The Morgan fingerprint density at radius 2 is 1.95 bits per heavy atom. The fourth-order valence-electron chi connectivity index (χ4n) is 3.17. The Balaban J connectivity index is 2.24. The maximum Gasteiger partial charge on any atom is 0.123 e. The molecule has 3 unspecified atom stereocenters. The van der Waals surface area contributed by atoms with E-state index in [-0.39, 0.29) is 0 Å². The molecule has 3 atom stereocenters. The third kappa shape index (κ3) is 3.33. The largest absolute Gasteiger partial charge is 0.496 e. The highest BCUT2D eigenvalue weighted by Crippen LogP contribution is 2.29. The molecule has 3 nitrogen and oxygen atoms in total. The molecular formula is C17H27NO2. The highest BCUT2D eigenvalue weighted by molar-refractivity contribution is 5.38. The van der Waals surface area contributed by atoms with Crippen molar-refractivity contribution in [2.75, 3.05) is 7.11 Å². The number of nitrogens with zero attached hydrogens (tertiary/aromatic N) is 1. The van der Waals surface area contributed by atoms with Gasteiger partial charge in [0.25, 0.3) is 0 Å². The molecule has 1 aromatic rings. The summed E-state index contributed by atoms with van der Waals surface area (Å²) in [6.45, 7) is 7.31. The Morgan fingerprint density at radius 1 is 1.30 bits per heavy atom. The Morgan fingerprint density at radius 3 is 2.50 bits per heavy atom. The van der Waals surface area contributed by atoms with Gasteiger partial charge in [-0.05, 0) is 51.3 Å². The van der Waals surface area contributed by atoms with Crippen LogP contribution in [0.3, 0.4) is 0 Å². The first-order valence-electron chi connectivity index (χ1n) is 7.63. The molecule has 1 fully saturated rings. The number of benzene rings is 1. The van der Waals surface area contributed by atoms with Gasteiger partial charge in [0.05, 0.1) is 13.2 Å². The van der Waals surface area contributed by atoms with Crippen molar-refractivity contribution in [3.05, 3.63) is 29.3 Å². The van der Waals surface area contributed by atoms with Crippen LogP contribution in [0.25, 0.3) is 0 Å². The van der Waals surface area contributed by atoms with Gasteiger partial charge in [-0.25, -0.2) is 0 Å². The third-order valence-corrected chi connectivity index (χ3v) is 4.52. The lowest BCUT2D eigenvalue weighted by Crippen LogP contribution is -2.43. The van der Waals surface area contributed by atoms with Crippen LogP contribution in [-0.4, -0.2) is 29.2 Å². The standard InChI is InChI=1S/C17H27NO2/c1-12-6-5-7-13(2)18(12)11-16-10-15(14(3)19)8-9-17(16)20-4/h8-10,12-14,19H,5-7,11H2,1-4H3. The molecule has 0 amide bonds. The van der Waals surface area contributed by atoms with Gasteiger partial charge in [0.1, 0.15) is 5.75 Å². The van der Waals surface area contributed by atoms with Crippen molar-refractivity contribution in [1.29, 1.82) is 0 Å². The number of ether oxygens (including phenoxy) is 1. The zero-order valence-corrected chi connectivity index (χ0v) is 13.1. The topological polar surface area (TPSA) is 32.7 Å². The van der Waals surface area contributed by atoms with E-state index in [0.717, 1.165) is 17.9 Å². The molecule has 1 aromatic carbocycles. The van der Waals surface area contributed by atoms with Crippen molar-refractivity contribution >= 4 is 0 Å². The van der Waals surface area contributed by atoms with Crippen LogP contribution in [0.1, 0.15) is 57.3 Å². The molecule has 0 aliphatic carbocycles. The van der Waals surface area contributed by atoms with E-state index in [2.05, 4.69) is 24.8 Å². The predicted octanol–water partition coefficient (Wildman–Crippen LogP) is 3.51. The molecule has 0 spiro atoms. The molecule has 3 heteroatoms. The lowest BCUT2D eigenvalue weighted by atomic mass is 9.96. The second-order valence-corrected chi connectivity index (χ2v) is 6.05. The highest BCUT2D eigenvalue weighted by atomic mass is 16.5. The number of aliphatic hydroxyl groups excluding tert-OH is 1. The molecule has 0 radical (unpaired) electrons. The predicted molar refractivity (Wildman–Crippen MR) is 81.9 cm³/mol. The molecule has 1 saturated heterocycles. The quantitative estimate of drug-likeness (QED) is 0.914. The molecule has 1 aliphatic rings. The van der Waals surface area contributed by atoms with Crippen molar-refractivity contribution in [3.8, 4) is 5.75 Å². The fourth-order valence-corrected chi connectivity index (χ4v) is 3.17. The van der Waals surface area contributed by atoms with Crippen LogP contribution in [0.4, 0.5) is 0 Å². The Hall–Kier alpha value is -1.06. The van der Waals surface area contributed by atoms with E-state index in [4.69, 9.17) is 4.74 Å². The van der Waals surface area contributed by atoms with Crippen LogP contribution in [0, 0.1) is 0 Å². The first-order chi connectivity index (χ1) is 9.52. The van der Waals surface area contributed by atoms with E-state index in [1.807, 2.05) is 12.1 Å². The van der Waals surface area contributed by atoms with Gasteiger partial charge in [0.15, 0.2) is 0 Å². The monoisotopic (exact) mass is 277 g/mol. The van der Waals surface area contributed by atoms with Crippen molar-refractivity contribution < 1.29 is 9.84 Å². The van der Waals surface area contributed by atoms with Crippen molar-refractivity contribution in [1.82, 2.24) is 4.90 Å². The zero-order valence-electron chi connectivity index (χ0n) is 13.1. The second kappa shape index (κ2) is 6.59. The average Bonchev–Trinajstić information content (AvgIpc) is 2.42. The number of hydrogen-bond acceptors (Lipinski definition) is 3. The maximum atomic E-state index is 9.77. The van der Waals surface area contributed by atoms with E-state index in [9.17, 15) is 5.11 Å². The summed E-state index contributed by atoms with van der Waals surface area (Å²) in [5.74, 6) is 0.916. The minimum Gasteiger partial charge on any atom is -0.496 e. The SMILES string of the molecule is COc1ccc(C(C)O)cc1CN1C(C)CCCC1C. The second-order valence-electron chi connectivity index (χ2n) is 6.05. The zero-order chi connectivity index (χ0) is 14.7. The van der Waals surface area contributed by atoms with Gasteiger partial charge in [0, 0.05) is 24.2 Å². The van der Waals surface area contributed by atoms with E-state index in [1.54, 1.807) is 14.0 Å². The summed E-state index contributed by atoms with van der Waals surface area (Å²) in [7, 11) is 1.71. The van der Waals surface area contributed by atoms with Gasteiger partial charge in [0.2, 0.25) is 0 Å². The van der Waals surface area contributed by atoms with Gasteiger partial charge in [-0.1, -0.05) is 12.5 Å². The average molecular weight is 277 g/mol. The summed E-state index contributed by atoms with van der Waals surface area (Å²) < 4.78 is 5.48. The summed E-state index contributed by atoms with van der Waals surface area (Å²) in [5.41, 5.74) is 2.13. The van der Waals surface area contributed by atoms with Crippen LogP contribution in [-0.2, 0) is 6.54 Å². The number of hydrogen-bond donors (Lipinski definition) is 1. The summed E-state index contributed by atoms with van der Waals surface area (Å²) >= 11 is 0. The summed E-state index contributed by atoms with van der Waals surface area (Å²) in [4.78, 5) is 2.55. The van der Waals surface area contributed by atoms with Crippen LogP contribution < -0.4 is 4.74 Å². The van der Waals surface area contributed by atoms with E-state index in [0.29, 0.717) is 12.1 Å². The molecule has 112 valence electrons. The van der Waals surface area contributed by atoms with Crippen LogP contribution in [0.2, 0.25) is 0 Å². The number of piperidine rings is 1. The first-order valence-corrected chi connectivity index (χ1v) is 7.63. The lowest BCUT2D eigenvalue weighted by Gasteiger charge is -2.39. The molecular weight excluding hydrogens is 250 g/mol. The van der Waals surface area contributed by atoms with Crippen LogP contribution >= 0.6 is 0 Å². The number of rotatable bonds is 4. The van der Waals surface area contributed by atoms with Gasteiger partial charge in [-0.3, -0.25) is 4.90 Å². The number of methoxy groups -OCH3 is 1. The Kier molecular flexibility index (Phi) is 5.06. The van der Waals surface area contributed by atoms with E-state index in [1.165, 1.54) is 24.8 Å². The summed E-state index contributed by atoms with van der Waals surface area (Å²) in [5, 5.41) is 9.77. The highest BCUT2D eigenvalue weighted by Gasteiger charge is 2.25. The van der Waals surface area contributed by atoms with Crippen molar-refractivity contribution in [2.24, 2.45) is 0 Å². The molecule has 1 heterocycles. The maximum absolute atomic E-state index is 9.77. The molecule has 1 aliphatic heterocycles. The first kappa shape index (κ1) is 15.3. The minimum atomic E-state index is -0.434. The molecule has 1 N–H and O–H groups in total. The summed E-state index contributed by atoms with van der Waals surface area (Å²) in [6, 6.07) is 7.21. The molecule has 0 saturated carbocycles. The van der Waals surface area contributed by atoms with Crippen molar-refractivity contribution in [3.63, 3.8) is 0 Å². The van der Waals surface area contributed by atoms with Gasteiger partial charge >= 0.3 is 0 Å². The Labute approximate surface area is 122 Å². The normalized spacial score (nSPS) is 25.4. The molecule has 20 heavy (non-hydrogen) atoms. The Bertz CT molecular complexity index is 435. The smallest absolute Gasteiger partial charge is 0.123 e. The van der Waals surface area contributed by atoms with E-state index >= 15 is 0 Å². The van der Waals surface area contributed by atoms with Gasteiger partial charge in [-0.2, -0.15) is 0 Å². The van der Waals surface area contributed by atoms with Crippen LogP contribution in [0.5, 0.6) is 5.75 Å². The van der Waals surface area contributed by atoms with E-state index < -0.39 is 6.10 Å². The third-order valence-electron chi connectivity index (χ3n) is 4.52. The van der Waals surface area contributed by atoms with Crippen molar-refractivity contribution in [2.45, 2.75) is 64.8 Å². The van der Waals surface area contributed by atoms with Gasteiger partial charge < -0.3 is 9.84 Å². The van der Waals surface area contributed by atoms with Gasteiger partial charge in [-0.15, -0.1) is 0 Å². The minimum absolute atomic E-state index is 0.434. The molecule has 0 aromatic heterocycles. The van der Waals surface area contributed by atoms with Crippen LogP contribution in [0.15, 0.2) is 18.2 Å². The summed E-state index contributed by atoms with van der Waals surface area (Å²) in [6.07, 6.45) is 3.42. The fraction of sp³-hybridized carbons (Fsp3) is 0.647. The molecule has 0 bridgehead atoms. The lowest BCUT2D eigenvalue weighted by molar-refractivity contribution is 0.0941. The number of likely N-dealkylation sites (tertiary alicyclic amines) is 1.